The normalized spacial score (nSPS) is 11.4. The van der Waals surface area contributed by atoms with Gasteiger partial charge in [0.1, 0.15) is 5.82 Å². The molecule has 0 spiro atoms. The molecule has 0 saturated carbocycles. The summed E-state index contributed by atoms with van der Waals surface area (Å²) in [6.07, 6.45) is 2.71. The largest absolute Gasteiger partial charge is 0.370 e. The van der Waals surface area contributed by atoms with E-state index in [1.165, 1.54) is 6.26 Å². The second-order valence-electron chi connectivity index (χ2n) is 6.55. The number of aromatic nitrogens is 2. The molecule has 152 valence electrons. The van der Waals surface area contributed by atoms with Gasteiger partial charge in [-0.1, -0.05) is 47.5 Å². The molecule has 0 fully saturated rings. The van der Waals surface area contributed by atoms with Crippen LogP contribution in [0.3, 0.4) is 0 Å². The first-order valence-corrected chi connectivity index (χ1v) is 11.5. The Hall–Kier alpha value is -2.35. The molecule has 9 heteroatoms. The third-order valence-electron chi connectivity index (χ3n) is 4.25. The third kappa shape index (κ3) is 5.59. The van der Waals surface area contributed by atoms with Gasteiger partial charge in [-0.3, -0.25) is 0 Å². The summed E-state index contributed by atoms with van der Waals surface area (Å²) in [5, 5.41) is 4.06. The Balaban J connectivity index is 1.66. The lowest BCUT2D eigenvalue weighted by molar-refractivity contribution is 0.601. The Bertz CT molecular complexity index is 1140. The molecule has 0 amide bonds. The Morgan fingerprint density at radius 1 is 1.07 bits per heavy atom. The SMILES string of the molecule is CS(=O)(=O)c1cccc(CCCNc2cc(-c3cccc(Cl)c3Cl)nc(N)n2)c1. The zero-order chi connectivity index (χ0) is 21.0. The molecule has 0 aliphatic rings. The molecule has 0 aliphatic carbocycles. The molecule has 0 unspecified atom stereocenters. The molecule has 0 atom stereocenters. The summed E-state index contributed by atoms with van der Waals surface area (Å²) in [6, 6.07) is 14.0. The lowest BCUT2D eigenvalue weighted by Gasteiger charge is -2.10. The van der Waals surface area contributed by atoms with E-state index in [0.29, 0.717) is 38.6 Å². The number of hydrogen-bond acceptors (Lipinski definition) is 6. The van der Waals surface area contributed by atoms with Crippen LogP contribution in [-0.4, -0.2) is 31.2 Å². The predicted octanol–water partition coefficient (Wildman–Crippen LogP) is 4.48. The van der Waals surface area contributed by atoms with E-state index in [0.717, 1.165) is 18.4 Å². The number of aryl methyl sites for hydroxylation is 1. The summed E-state index contributed by atoms with van der Waals surface area (Å²) >= 11 is 12.4. The van der Waals surface area contributed by atoms with Crippen molar-refractivity contribution in [3.05, 3.63) is 64.1 Å². The van der Waals surface area contributed by atoms with Crippen molar-refractivity contribution in [3.63, 3.8) is 0 Å². The van der Waals surface area contributed by atoms with Crippen LogP contribution in [0.1, 0.15) is 12.0 Å². The smallest absolute Gasteiger partial charge is 0.222 e. The molecular formula is C20H20Cl2N4O2S. The summed E-state index contributed by atoms with van der Waals surface area (Å²) in [4.78, 5) is 8.77. The van der Waals surface area contributed by atoms with Crippen molar-refractivity contribution in [2.75, 3.05) is 23.9 Å². The quantitative estimate of drug-likeness (QED) is 0.514. The zero-order valence-corrected chi connectivity index (χ0v) is 18.0. The summed E-state index contributed by atoms with van der Waals surface area (Å²) < 4.78 is 23.3. The molecular weight excluding hydrogens is 431 g/mol. The van der Waals surface area contributed by atoms with E-state index in [-0.39, 0.29) is 5.95 Å². The van der Waals surface area contributed by atoms with Gasteiger partial charge in [0.25, 0.3) is 0 Å². The van der Waals surface area contributed by atoms with Crippen molar-refractivity contribution in [2.24, 2.45) is 0 Å². The summed E-state index contributed by atoms with van der Waals surface area (Å²) in [7, 11) is -3.21. The molecule has 0 aliphatic heterocycles. The van der Waals surface area contributed by atoms with Gasteiger partial charge in [-0.05, 0) is 36.6 Å². The fourth-order valence-electron chi connectivity index (χ4n) is 2.84. The van der Waals surface area contributed by atoms with Crippen LogP contribution < -0.4 is 11.1 Å². The minimum Gasteiger partial charge on any atom is -0.370 e. The van der Waals surface area contributed by atoms with Crippen molar-refractivity contribution in [1.82, 2.24) is 9.97 Å². The highest BCUT2D eigenvalue weighted by atomic mass is 35.5. The maximum absolute atomic E-state index is 11.7. The van der Waals surface area contributed by atoms with Crippen LogP contribution in [0.4, 0.5) is 11.8 Å². The molecule has 0 saturated heterocycles. The molecule has 1 aromatic heterocycles. The van der Waals surface area contributed by atoms with Crippen molar-refractivity contribution in [1.29, 1.82) is 0 Å². The van der Waals surface area contributed by atoms with E-state index in [2.05, 4.69) is 15.3 Å². The lowest BCUT2D eigenvalue weighted by Crippen LogP contribution is -2.07. The number of nitrogens with zero attached hydrogens (tertiary/aromatic N) is 2. The van der Waals surface area contributed by atoms with Gasteiger partial charge in [0.05, 0.1) is 20.6 Å². The Labute approximate surface area is 180 Å². The van der Waals surface area contributed by atoms with Crippen LogP contribution in [-0.2, 0) is 16.3 Å². The standard InChI is InChI=1S/C20H20Cl2N4O2S/c1-29(27,28)14-7-2-5-13(11-14)6-4-10-24-18-12-17(25-20(23)26-18)15-8-3-9-16(21)19(15)22/h2-3,5,7-9,11-12H,4,6,10H2,1H3,(H3,23,24,25,26). The van der Waals surface area contributed by atoms with Crippen LogP contribution in [0.25, 0.3) is 11.3 Å². The number of benzene rings is 2. The second-order valence-corrected chi connectivity index (χ2v) is 9.35. The number of hydrogen-bond donors (Lipinski definition) is 2. The molecule has 1 heterocycles. The van der Waals surface area contributed by atoms with Gasteiger partial charge in [-0.25, -0.2) is 13.4 Å². The number of anilines is 2. The average molecular weight is 451 g/mol. The van der Waals surface area contributed by atoms with Gasteiger partial charge in [0.2, 0.25) is 5.95 Å². The van der Waals surface area contributed by atoms with Crippen LogP contribution in [0.2, 0.25) is 10.0 Å². The Kier molecular flexibility index (Phi) is 6.62. The number of nitrogens with one attached hydrogen (secondary N) is 1. The van der Waals surface area contributed by atoms with Crippen molar-refractivity contribution in [2.45, 2.75) is 17.7 Å². The topological polar surface area (TPSA) is 98.0 Å². The second kappa shape index (κ2) is 8.98. The van der Waals surface area contributed by atoms with Gasteiger partial charge >= 0.3 is 0 Å². The first kappa shape index (κ1) is 21.4. The van der Waals surface area contributed by atoms with Gasteiger partial charge in [0, 0.05) is 24.4 Å². The number of nitrogen functional groups attached to an aromatic ring is 1. The van der Waals surface area contributed by atoms with E-state index < -0.39 is 9.84 Å². The number of halogens is 2. The highest BCUT2D eigenvalue weighted by Crippen LogP contribution is 2.33. The fourth-order valence-corrected chi connectivity index (χ4v) is 3.93. The number of sulfone groups is 1. The highest BCUT2D eigenvalue weighted by Gasteiger charge is 2.11. The Morgan fingerprint density at radius 2 is 1.83 bits per heavy atom. The molecule has 3 aromatic rings. The third-order valence-corrected chi connectivity index (χ3v) is 6.18. The minimum atomic E-state index is -3.21. The molecule has 3 rings (SSSR count). The van der Waals surface area contributed by atoms with Crippen molar-refractivity contribution in [3.8, 4) is 11.3 Å². The average Bonchev–Trinajstić information content (AvgIpc) is 2.66. The predicted molar refractivity (Wildman–Crippen MR) is 118 cm³/mol. The van der Waals surface area contributed by atoms with Crippen LogP contribution in [0, 0.1) is 0 Å². The van der Waals surface area contributed by atoms with E-state index in [1.807, 2.05) is 12.1 Å². The monoisotopic (exact) mass is 450 g/mol. The first-order valence-electron chi connectivity index (χ1n) is 8.86. The molecule has 6 nitrogen and oxygen atoms in total. The maximum atomic E-state index is 11.7. The highest BCUT2D eigenvalue weighted by molar-refractivity contribution is 7.90. The number of rotatable bonds is 7. The molecule has 0 radical (unpaired) electrons. The zero-order valence-electron chi connectivity index (χ0n) is 15.7. The fraction of sp³-hybridized carbons (Fsp3) is 0.200. The minimum absolute atomic E-state index is 0.127. The first-order chi connectivity index (χ1) is 13.7. The van der Waals surface area contributed by atoms with Gasteiger partial charge < -0.3 is 11.1 Å². The van der Waals surface area contributed by atoms with E-state index in [4.69, 9.17) is 28.9 Å². The van der Waals surface area contributed by atoms with E-state index >= 15 is 0 Å². The summed E-state index contributed by atoms with van der Waals surface area (Å²) in [5.41, 5.74) is 8.06. The van der Waals surface area contributed by atoms with Gasteiger partial charge in [0.15, 0.2) is 9.84 Å². The van der Waals surface area contributed by atoms with Crippen LogP contribution >= 0.6 is 23.2 Å². The van der Waals surface area contributed by atoms with Crippen molar-refractivity contribution < 1.29 is 8.42 Å². The van der Waals surface area contributed by atoms with Crippen LogP contribution in [0.15, 0.2) is 53.4 Å². The van der Waals surface area contributed by atoms with Crippen LogP contribution in [0.5, 0.6) is 0 Å². The summed E-state index contributed by atoms with van der Waals surface area (Å²) in [5.74, 6) is 0.704. The molecule has 29 heavy (non-hydrogen) atoms. The maximum Gasteiger partial charge on any atom is 0.222 e. The van der Waals surface area contributed by atoms with Crippen molar-refractivity contribution >= 4 is 44.8 Å². The van der Waals surface area contributed by atoms with E-state index in [9.17, 15) is 8.42 Å². The van der Waals surface area contributed by atoms with Gasteiger partial charge in [-0.15, -0.1) is 0 Å². The lowest BCUT2D eigenvalue weighted by atomic mass is 10.1. The van der Waals surface area contributed by atoms with E-state index in [1.54, 1.807) is 36.4 Å². The number of nitrogens with two attached hydrogens (primary N) is 1. The summed E-state index contributed by atoms with van der Waals surface area (Å²) in [6.45, 7) is 0.627. The molecule has 3 N–H and O–H groups in total. The van der Waals surface area contributed by atoms with Gasteiger partial charge in [-0.2, -0.15) is 4.98 Å². The molecule has 0 bridgehead atoms. The Morgan fingerprint density at radius 3 is 2.59 bits per heavy atom. The molecule has 2 aromatic carbocycles.